The number of carbonyl (C=O) groups is 2. The first-order valence-corrected chi connectivity index (χ1v) is 10.9. The van der Waals surface area contributed by atoms with Gasteiger partial charge in [-0.25, -0.2) is 4.79 Å². The largest absolute Gasteiger partial charge is 0.347 e. The van der Waals surface area contributed by atoms with E-state index in [0.29, 0.717) is 25.4 Å². The quantitative estimate of drug-likeness (QED) is 0.784. The summed E-state index contributed by atoms with van der Waals surface area (Å²) in [6.45, 7) is 1.28. The van der Waals surface area contributed by atoms with Gasteiger partial charge in [0.15, 0.2) is 0 Å². The molecule has 0 radical (unpaired) electrons. The number of benzene rings is 1. The monoisotopic (exact) mass is 398 g/mol. The zero-order chi connectivity index (χ0) is 20.2. The number of nitrogens with zero attached hydrogens (tertiary/aromatic N) is 2. The molecule has 1 aromatic carbocycles. The van der Waals surface area contributed by atoms with Crippen LogP contribution >= 0.6 is 0 Å². The van der Waals surface area contributed by atoms with Gasteiger partial charge in [0.25, 0.3) is 0 Å². The maximum absolute atomic E-state index is 12.5. The highest BCUT2D eigenvalue weighted by Crippen LogP contribution is 2.28. The lowest BCUT2D eigenvalue weighted by Gasteiger charge is -2.32. The second kappa shape index (κ2) is 8.84. The Bertz CT molecular complexity index is 918. The van der Waals surface area contributed by atoms with Crippen LogP contribution in [0.25, 0.3) is 11.0 Å². The third kappa shape index (κ3) is 4.54. The van der Waals surface area contributed by atoms with Gasteiger partial charge in [0.2, 0.25) is 11.8 Å². The summed E-state index contributed by atoms with van der Waals surface area (Å²) in [6, 6.07) is 7.78. The summed E-state index contributed by atoms with van der Waals surface area (Å²) in [4.78, 5) is 41.6. The topological polar surface area (TPSA) is 87.2 Å². The molecule has 1 saturated carbocycles. The van der Waals surface area contributed by atoms with Crippen molar-refractivity contribution in [2.24, 2.45) is 5.92 Å². The first-order valence-electron chi connectivity index (χ1n) is 10.9. The molecule has 0 bridgehead atoms. The van der Waals surface area contributed by atoms with Crippen LogP contribution in [0, 0.1) is 5.92 Å². The standard InChI is InChI=1S/C22H30N4O3/c27-20(10-9-16-5-1-2-6-16)23-15-21(28)25-13-11-17(12-14-25)26-19-8-4-3-7-18(19)24-22(26)29/h3-4,7-8,16-17H,1-2,5-6,9-15H2,(H,23,27)(H,24,29). The highest BCUT2D eigenvalue weighted by molar-refractivity contribution is 5.84. The Morgan fingerprint density at radius 3 is 2.55 bits per heavy atom. The van der Waals surface area contributed by atoms with Crippen LogP contribution in [-0.4, -0.2) is 45.9 Å². The Morgan fingerprint density at radius 1 is 1.07 bits per heavy atom. The zero-order valence-electron chi connectivity index (χ0n) is 16.9. The number of carbonyl (C=O) groups excluding carboxylic acids is 2. The van der Waals surface area contributed by atoms with E-state index in [1.165, 1.54) is 25.7 Å². The van der Waals surface area contributed by atoms with Crippen LogP contribution in [0.2, 0.25) is 0 Å². The van der Waals surface area contributed by atoms with Crippen molar-refractivity contribution in [3.63, 3.8) is 0 Å². The van der Waals surface area contributed by atoms with Crippen molar-refractivity contribution < 1.29 is 9.59 Å². The molecule has 0 atom stereocenters. The number of imidazole rings is 1. The number of hydrogen-bond donors (Lipinski definition) is 2. The summed E-state index contributed by atoms with van der Waals surface area (Å²) < 4.78 is 1.82. The summed E-state index contributed by atoms with van der Waals surface area (Å²) in [7, 11) is 0. The van der Waals surface area contributed by atoms with Crippen LogP contribution in [0.5, 0.6) is 0 Å². The van der Waals surface area contributed by atoms with Gasteiger partial charge in [-0.15, -0.1) is 0 Å². The number of hydrogen-bond acceptors (Lipinski definition) is 3. The molecule has 7 heteroatoms. The molecule has 1 saturated heterocycles. The summed E-state index contributed by atoms with van der Waals surface area (Å²) >= 11 is 0. The van der Waals surface area contributed by atoms with Gasteiger partial charge in [-0.1, -0.05) is 37.8 Å². The summed E-state index contributed by atoms with van der Waals surface area (Å²) in [5.41, 5.74) is 1.67. The number of aromatic amines is 1. The number of rotatable bonds is 6. The lowest BCUT2D eigenvalue weighted by atomic mass is 10.0. The van der Waals surface area contributed by atoms with Gasteiger partial charge in [-0.2, -0.15) is 0 Å². The van der Waals surface area contributed by atoms with Crippen LogP contribution in [0.3, 0.4) is 0 Å². The molecule has 2 aliphatic rings. The fourth-order valence-electron chi connectivity index (χ4n) is 4.82. The maximum Gasteiger partial charge on any atom is 0.326 e. The second-order valence-corrected chi connectivity index (χ2v) is 8.40. The van der Waals surface area contributed by atoms with Gasteiger partial charge in [-0.05, 0) is 37.3 Å². The molecule has 2 aromatic rings. The molecule has 1 aromatic heterocycles. The first-order chi connectivity index (χ1) is 14.1. The Labute approximate surface area is 170 Å². The summed E-state index contributed by atoms with van der Waals surface area (Å²) in [5, 5.41) is 2.79. The van der Waals surface area contributed by atoms with Crippen molar-refractivity contribution in [3.05, 3.63) is 34.7 Å². The minimum Gasteiger partial charge on any atom is -0.347 e. The van der Waals surface area contributed by atoms with E-state index in [1.807, 2.05) is 28.8 Å². The van der Waals surface area contributed by atoms with Gasteiger partial charge in [0.05, 0.1) is 17.6 Å². The average molecular weight is 399 g/mol. The van der Waals surface area contributed by atoms with E-state index >= 15 is 0 Å². The predicted octanol–water partition coefficient (Wildman–Crippen LogP) is 2.58. The molecule has 1 aliphatic heterocycles. The second-order valence-electron chi connectivity index (χ2n) is 8.40. The summed E-state index contributed by atoms with van der Waals surface area (Å²) in [5.74, 6) is 0.623. The Balaban J connectivity index is 1.24. The van der Waals surface area contributed by atoms with Gasteiger partial charge in [0, 0.05) is 25.6 Å². The van der Waals surface area contributed by atoms with Gasteiger partial charge in [-0.3, -0.25) is 14.2 Å². The predicted molar refractivity (Wildman–Crippen MR) is 112 cm³/mol. The lowest BCUT2D eigenvalue weighted by Crippen LogP contribution is -2.45. The van der Waals surface area contributed by atoms with E-state index in [4.69, 9.17) is 0 Å². The SMILES string of the molecule is O=C(CCC1CCCC1)NCC(=O)N1CCC(n2c(=O)[nH]c3ccccc32)CC1. The molecule has 29 heavy (non-hydrogen) atoms. The minimum atomic E-state index is -0.0921. The van der Waals surface area contributed by atoms with Crippen molar-refractivity contribution in [1.82, 2.24) is 19.8 Å². The van der Waals surface area contributed by atoms with E-state index in [2.05, 4.69) is 10.3 Å². The Morgan fingerprint density at radius 2 is 1.79 bits per heavy atom. The average Bonchev–Trinajstić information content (AvgIpc) is 3.37. The lowest BCUT2D eigenvalue weighted by molar-refractivity contribution is -0.134. The van der Waals surface area contributed by atoms with E-state index < -0.39 is 0 Å². The number of likely N-dealkylation sites (tertiary alicyclic amines) is 1. The molecule has 4 rings (SSSR count). The number of para-hydroxylation sites is 2. The molecule has 2 amide bonds. The van der Waals surface area contributed by atoms with Gasteiger partial charge >= 0.3 is 5.69 Å². The number of amides is 2. The number of H-pyrrole nitrogens is 1. The molecule has 2 N–H and O–H groups in total. The molecule has 156 valence electrons. The van der Waals surface area contributed by atoms with Crippen molar-refractivity contribution in [1.29, 1.82) is 0 Å². The van der Waals surface area contributed by atoms with Crippen LogP contribution in [0.4, 0.5) is 0 Å². The van der Waals surface area contributed by atoms with E-state index in [1.54, 1.807) is 4.90 Å². The van der Waals surface area contributed by atoms with Gasteiger partial charge in [0.1, 0.15) is 0 Å². The summed E-state index contributed by atoms with van der Waals surface area (Å²) in [6.07, 6.45) is 7.97. The van der Waals surface area contributed by atoms with E-state index in [0.717, 1.165) is 30.3 Å². The minimum absolute atomic E-state index is 0.0227. The maximum atomic E-state index is 12.5. The highest BCUT2D eigenvalue weighted by Gasteiger charge is 2.26. The van der Waals surface area contributed by atoms with Gasteiger partial charge < -0.3 is 15.2 Å². The Hall–Kier alpha value is -2.57. The molecule has 1 aliphatic carbocycles. The van der Waals surface area contributed by atoms with Crippen LogP contribution in [0.15, 0.2) is 29.1 Å². The number of piperidine rings is 1. The first kappa shape index (κ1) is 19.7. The highest BCUT2D eigenvalue weighted by atomic mass is 16.2. The van der Waals surface area contributed by atoms with Crippen LogP contribution in [-0.2, 0) is 9.59 Å². The fourth-order valence-corrected chi connectivity index (χ4v) is 4.82. The Kier molecular flexibility index (Phi) is 6.02. The number of fused-ring (bicyclic) bond motifs is 1. The molecule has 0 unspecified atom stereocenters. The van der Waals surface area contributed by atoms with Crippen molar-refractivity contribution in [2.75, 3.05) is 19.6 Å². The smallest absolute Gasteiger partial charge is 0.326 e. The third-order valence-electron chi connectivity index (χ3n) is 6.50. The van der Waals surface area contributed by atoms with Crippen LogP contribution < -0.4 is 11.0 Å². The fraction of sp³-hybridized carbons (Fsp3) is 0.591. The molecule has 7 nitrogen and oxygen atoms in total. The molecular formula is C22H30N4O3. The molecule has 2 heterocycles. The third-order valence-corrected chi connectivity index (χ3v) is 6.50. The van der Waals surface area contributed by atoms with Crippen LogP contribution in [0.1, 0.15) is 57.4 Å². The van der Waals surface area contributed by atoms with E-state index in [9.17, 15) is 14.4 Å². The van der Waals surface area contributed by atoms with Crippen molar-refractivity contribution in [3.8, 4) is 0 Å². The zero-order valence-corrected chi connectivity index (χ0v) is 16.9. The molecular weight excluding hydrogens is 368 g/mol. The number of aromatic nitrogens is 2. The molecule has 2 fully saturated rings. The van der Waals surface area contributed by atoms with Crippen molar-refractivity contribution >= 4 is 22.8 Å². The normalized spacial score (nSPS) is 18.4. The van der Waals surface area contributed by atoms with Crippen molar-refractivity contribution in [2.45, 2.75) is 57.4 Å². The van der Waals surface area contributed by atoms with E-state index in [-0.39, 0.29) is 30.1 Å². The molecule has 0 spiro atoms. The number of nitrogens with one attached hydrogen (secondary N) is 2.